The Labute approximate surface area is 140 Å². The molecule has 2 aromatic rings. The fourth-order valence-corrected chi connectivity index (χ4v) is 2.57. The molecule has 1 aromatic carbocycles. The lowest BCUT2D eigenvalue weighted by molar-refractivity contribution is 0.252. The van der Waals surface area contributed by atoms with Gasteiger partial charge in [0.15, 0.2) is 5.82 Å². The van der Waals surface area contributed by atoms with E-state index in [2.05, 4.69) is 20.8 Å². The van der Waals surface area contributed by atoms with Crippen LogP contribution in [-0.4, -0.2) is 49.5 Å². The molecular formula is C16H21N5O3. The van der Waals surface area contributed by atoms with Crippen molar-refractivity contribution in [1.29, 1.82) is 0 Å². The van der Waals surface area contributed by atoms with Gasteiger partial charge in [0.1, 0.15) is 5.75 Å². The third-order valence-electron chi connectivity index (χ3n) is 4.02. The molecule has 3 rings (SSSR count). The second kappa shape index (κ2) is 6.88. The highest BCUT2D eigenvalue weighted by atomic mass is 16.5. The number of anilines is 1. The molecule has 1 saturated heterocycles. The molecule has 0 spiro atoms. The molecule has 8 heteroatoms. The third-order valence-corrected chi connectivity index (χ3v) is 4.02. The number of benzene rings is 1. The monoisotopic (exact) mass is 331 g/mol. The van der Waals surface area contributed by atoms with Crippen molar-refractivity contribution in [3.8, 4) is 17.2 Å². The van der Waals surface area contributed by atoms with Crippen LogP contribution in [0.3, 0.4) is 0 Å². The number of methoxy groups -OCH3 is 1. The van der Waals surface area contributed by atoms with Crippen LogP contribution >= 0.6 is 0 Å². The van der Waals surface area contributed by atoms with Crippen molar-refractivity contribution < 1.29 is 14.1 Å². The number of urea groups is 1. The number of aromatic nitrogens is 2. The Morgan fingerprint density at radius 3 is 3.00 bits per heavy atom. The summed E-state index contributed by atoms with van der Waals surface area (Å²) in [6, 6.07) is 5.60. The van der Waals surface area contributed by atoms with Crippen molar-refractivity contribution in [1.82, 2.24) is 20.8 Å². The van der Waals surface area contributed by atoms with Crippen LogP contribution in [0.1, 0.15) is 12.7 Å². The van der Waals surface area contributed by atoms with Crippen LogP contribution in [0.2, 0.25) is 0 Å². The van der Waals surface area contributed by atoms with Crippen LogP contribution < -0.4 is 20.3 Å². The Morgan fingerprint density at radius 1 is 1.50 bits per heavy atom. The second-order valence-corrected chi connectivity index (χ2v) is 5.68. The number of nitrogens with zero attached hydrogens (tertiary/aromatic N) is 3. The van der Waals surface area contributed by atoms with E-state index < -0.39 is 0 Å². The summed E-state index contributed by atoms with van der Waals surface area (Å²) in [5.74, 6) is 1.69. The summed E-state index contributed by atoms with van der Waals surface area (Å²) < 4.78 is 10.7. The van der Waals surface area contributed by atoms with Gasteiger partial charge in [-0.25, -0.2) is 4.79 Å². The van der Waals surface area contributed by atoms with Gasteiger partial charge in [-0.05, 0) is 32.2 Å². The van der Waals surface area contributed by atoms with Gasteiger partial charge in [-0.2, -0.15) is 4.98 Å². The molecule has 2 N–H and O–H groups in total. The van der Waals surface area contributed by atoms with Crippen LogP contribution in [0.25, 0.3) is 11.5 Å². The molecule has 1 aliphatic heterocycles. The summed E-state index contributed by atoms with van der Waals surface area (Å²) in [4.78, 5) is 18.0. The number of nitrogens with one attached hydrogen (secondary N) is 2. The summed E-state index contributed by atoms with van der Waals surface area (Å²) in [7, 11) is 3.47. The number of amides is 2. The van der Waals surface area contributed by atoms with Crippen LogP contribution in [0.15, 0.2) is 22.7 Å². The zero-order valence-electron chi connectivity index (χ0n) is 14.0. The maximum Gasteiger partial charge on any atom is 0.322 e. The molecule has 1 atom stereocenters. The summed E-state index contributed by atoms with van der Waals surface area (Å²) in [6.07, 6.45) is 0.678. The first-order valence-electron chi connectivity index (χ1n) is 7.86. The first-order valence-corrected chi connectivity index (χ1v) is 7.86. The highest BCUT2D eigenvalue weighted by Crippen LogP contribution is 2.33. The van der Waals surface area contributed by atoms with Gasteiger partial charge in [0.2, 0.25) is 0 Å². The molecule has 2 heterocycles. The van der Waals surface area contributed by atoms with Gasteiger partial charge < -0.3 is 19.9 Å². The molecule has 0 radical (unpaired) electrons. The van der Waals surface area contributed by atoms with E-state index in [1.54, 1.807) is 18.1 Å². The van der Waals surface area contributed by atoms with Crippen molar-refractivity contribution in [3.05, 3.63) is 24.0 Å². The molecule has 1 aromatic heterocycles. The topological polar surface area (TPSA) is 92.5 Å². The number of ether oxygens (including phenoxy) is 1. The van der Waals surface area contributed by atoms with Gasteiger partial charge >= 0.3 is 6.03 Å². The lowest BCUT2D eigenvalue weighted by Gasteiger charge is -2.18. The zero-order chi connectivity index (χ0) is 17.1. The summed E-state index contributed by atoms with van der Waals surface area (Å²) >= 11 is 0. The van der Waals surface area contributed by atoms with Crippen molar-refractivity contribution >= 4 is 11.7 Å². The van der Waals surface area contributed by atoms with Crippen LogP contribution in [-0.2, 0) is 6.42 Å². The molecule has 1 unspecified atom stereocenters. The maximum atomic E-state index is 12.0. The Balaban J connectivity index is 1.90. The quantitative estimate of drug-likeness (QED) is 0.832. The molecule has 1 aliphatic rings. The normalized spacial score (nSPS) is 15.5. The third kappa shape index (κ3) is 3.18. The number of likely N-dealkylation sites (N-methyl/N-ethyl adjacent to an activating group) is 1. The minimum Gasteiger partial charge on any atom is -0.495 e. The summed E-state index contributed by atoms with van der Waals surface area (Å²) in [5, 5.41) is 9.94. The number of carbonyl (C=O) groups excluding carboxylic acids is 1. The first-order chi connectivity index (χ1) is 11.6. The fourth-order valence-electron chi connectivity index (χ4n) is 2.57. The van der Waals surface area contributed by atoms with Crippen LogP contribution in [0, 0.1) is 0 Å². The Kier molecular flexibility index (Phi) is 4.66. The smallest absolute Gasteiger partial charge is 0.322 e. The van der Waals surface area contributed by atoms with E-state index in [1.807, 2.05) is 26.1 Å². The number of carbonyl (C=O) groups is 1. The van der Waals surface area contributed by atoms with Crippen LogP contribution in [0.4, 0.5) is 10.5 Å². The Morgan fingerprint density at radius 2 is 2.33 bits per heavy atom. The lowest BCUT2D eigenvalue weighted by Crippen LogP contribution is -2.28. The molecule has 24 heavy (non-hydrogen) atoms. The van der Waals surface area contributed by atoms with Gasteiger partial charge in [-0.1, -0.05) is 5.16 Å². The number of hydrogen-bond donors (Lipinski definition) is 2. The average Bonchev–Trinajstić information content (AvgIpc) is 3.23. The van der Waals surface area contributed by atoms with Gasteiger partial charge in [-0.3, -0.25) is 4.90 Å². The van der Waals surface area contributed by atoms with E-state index >= 15 is 0 Å². The number of rotatable bonds is 6. The molecular weight excluding hydrogens is 310 g/mol. The van der Waals surface area contributed by atoms with E-state index in [0.29, 0.717) is 42.7 Å². The summed E-state index contributed by atoms with van der Waals surface area (Å²) in [6.45, 7) is 3.25. The van der Waals surface area contributed by atoms with Crippen molar-refractivity contribution in [2.45, 2.75) is 19.4 Å². The largest absolute Gasteiger partial charge is 0.495 e. The van der Waals surface area contributed by atoms with Gasteiger partial charge in [0.25, 0.3) is 5.89 Å². The van der Waals surface area contributed by atoms with Crippen molar-refractivity contribution in [3.63, 3.8) is 0 Å². The lowest BCUT2D eigenvalue weighted by atomic mass is 10.1. The molecule has 1 fully saturated rings. The summed E-state index contributed by atoms with van der Waals surface area (Å²) in [5.41, 5.74) is 1.44. The zero-order valence-corrected chi connectivity index (χ0v) is 14.0. The molecule has 0 saturated carbocycles. The van der Waals surface area contributed by atoms with Crippen LogP contribution in [0.5, 0.6) is 5.75 Å². The molecule has 128 valence electrons. The van der Waals surface area contributed by atoms with Crippen molar-refractivity contribution in [2.75, 3.05) is 32.1 Å². The Hall–Kier alpha value is -2.61. The second-order valence-electron chi connectivity index (χ2n) is 5.68. The van der Waals surface area contributed by atoms with E-state index in [1.165, 1.54) is 0 Å². The minimum absolute atomic E-state index is 0.139. The fraction of sp³-hybridized carbons (Fsp3) is 0.438. The van der Waals surface area contributed by atoms with E-state index in [9.17, 15) is 4.79 Å². The molecule has 8 nitrogen and oxygen atoms in total. The maximum absolute atomic E-state index is 12.0. The Bertz CT molecular complexity index is 730. The first kappa shape index (κ1) is 16.3. The highest BCUT2D eigenvalue weighted by Gasteiger charge is 2.25. The average molecular weight is 331 g/mol. The van der Waals surface area contributed by atoms with E-state index in [-0.39, 0.29) is 12.1 Å². The van der Waals surface area contributed by atoms with E-state index in [0.717, 1.165) is 5.56 Å². The SMILES string of the molecule is CNC(C)Cc1noc(-c2ccc(OC)c(N3CCNC3=O)c2)n1. The van der Waals surface area contributed by atoms with Crippen molar-refractivity contribution in [2.24, 2.45) is 0 Å². The molecule has 2 amide bonds. The highest BCUT2D eigenvalue weighted by molar-refractivity contribution is 5.96. The molecule has 0 bridgehead atoms. The van der Waals surface area contributed by atoms with Gasteiger partial charge in [-0.15, -0.1) is 0 Å². The predicted octanol–water partition coefficient (Wildman–Crippen LogP) is 1.43. The van der Waals surface area contributed by atoms with Gasteiger partial charge in [0, 0.05) is 31.1 Å². The van der Waals surface area contributed by atoms with Gasteiger partial charge in [0.05, 0.1) is 12.8 Å². The van der Waals surface area contributed by atoms with E-state index in [4.69, 9.17) is 9.26 Å². The molecule has 0 aliphatic carbocycles. The predicted molar refractivity (Wildman–Crippen MR) is 89.3 cm³/mol. The minimum atomic E-state index is -0.139. The number of hydrogen-bond acceptors (Lipinski definition) is 6. The standard InChI is InChI=1S/C16H21N5O3/c1-10(17-2)8-14-19-15(24-20-14)11-4-5-13(23-3)12(9-11)21-7-6-18-16(21)22/h4-5,9-10,17H,6-8H2,1-3H3,(H,18,22).